The average molecular weight is 173 g/mol. The van der Waals surface area contributed by atoms with Crippen LogP contribution in [0, 0.1) is 19.9 Å². The van der Waals surface area contributed by atoms with Crippen LogP contribution in [0.4, 0.5) is 0 Å². The van der Waals surface area contributed by atoms with Gasteiger partial charge in [0.25, 0.3) is 0 Å². The molecule has 0 aliphatic rings. The second kappa shape index (κ2) is 11.0. The molecular weight excluding hydrogens is 156 g/mol. The Morgan fingerprint density at radius 3 is 1.92 bits per heavy atom. The van der Waals surface area contributed by atoms with E-state index in [9.17, 15) is 0 Å². The Kier molecular flexibility index (Phi) is 13.3. The summed E-state index contributed by atoms with van der Waals surface area (Å²) in [6.07, 6.45) is 2.28. The summed E-state index contributed by atoms with van der Waals surface area (Å²) < 4.78 is 0. The number of hydrogen-bond acceptors (Lipinski definition) is 0. The third-order valence-electron chi connectivity index (χ3n) is 1.24. The summed E-state index contributed by atoms with van der Waals surface area (Å²) in [6, 6.07) is 10.8. The van der Waals surface area contributed by atoms with E-state index in [0.29, 0.717) is 0 Å². The minimum atomic E-state index is 0. The molecule has 1 rings (SSSR count). The number of unbranched alkanes of at least 4 members (excludes halogenated alkanes) is 1. The summed E-state index contributed by atoms with van der Waals surface area (Å²) in [6.45, 7) is 7.79. The Hall–Kier alpha value is -0.0138. The van der Waals surface area contributed by atoms with Crippen molar-refractivity contribution in [2.45, 2.75) is 26.7 Å². The molecule has 0 aliphatic carbocycles. The van der Waals surface area contributed by atoms with Crippen molar-refractivity contribution in [3.63, 3.8) is 0 Å². The van der Waals surface area contributed by atoms with Crippen molar-refractivity contribution >= 4 is 23.1 Å². The van der Waals surface area contributed by atoms with E-state index in [1.54, 1.807) is 0 Å². The zero-order valence-electron chi connectivity index (χ0n) is 8.14. The molecule has 62 valence electrons. The molecule has 0 fully saturated rings. The fraction of sp³-hybridized carbons (Fsp3) is 0.364. The van der Waals surface area contributed by atoms with E-state index < -0.39 is 0 Å². The van der Waals surface area contributed by atoms with Crippen LogP contribution in [0.3, 0.4) is 0 Å². The van der Waals surface area contributed by atoms with Crippen LogP contribution in [0.1, 0.15) is 25.3 Å². The summed E-state index contributed by atoms with van der Waals surface area (Å²) in [5, 5.41) is 0. The summed E-state index contributed by atoms with van der Waals surface area (Å²) >= 11 is 0. The van der Waals surface area contributed by atoms with Crippen LogP contribution in [0.2, 0.25) is 0 Å². The second-order valence-corrected chi connectivity index (χ2v) is 2.43. The normalized spacial score (nSPS) is 7.58. The molecule has 0 aromatic heterocycles. The van der Waals surface area contributed by atoms with Crippen LogP contribution in [-0.4, -0.2) is 23.1 Å². The van der Waals surface area contributed by atoms with Gasteiger partial charge in [0.05, 0.1) is 0 Å². The smallest absolute Gasteiger partial charge is 0.343 e. The molecule has 1 aromatic carbocycles. The maximum Gasteiger partial charge on any atom is 2.00 e. The summed E-state index contributed by atoms with van der Waals surface area (Å²) in [7, 11) is 0. The van der Waals surface area contributed by atoms with Gasteiger partial charge in [-0.2, -0.15) is 42.3 Å². The minimum absolute atomic E-state index is 0. The van der Waals surface area contributed by atoms with Crippen molar-refractivity contribution in [1.29, 1.82) is 0 Å². The Morgan fingerprint density at radius 1 is 1.33 bits per heavy atom. The van der Waals surface area contributed by atoms with Gasteiger partial charge in [0, 0.05) is 0 Å². The molecule has 0 aliphatic heterocycles. The van der Waals surface area contributed by atoms with Crippen LogP contribution in [0.5, 0.6) is 0 Å². The number of rotatable bonds is 1. The SMILES string of the molecule is Cc1cc[c-]cc1.[CH2-]CCC.[Mg+2]. The van der Waals surface area contributed by atoms with Gasteiger partial charge >= 0.3 is 23.1 Å². The molecule has 0 radical (unpaired) electrons. The van der Waals surface area contributed by atoms with Gasteiger partial charge in [-0.1, -0.05) is 20.3 Å². The first-order valence-electron chi connectivity index (χ1n) is 4.03. The zero-order chi connectivity index (χ0) is 8.53. The van der Waals surface area contributed by atoms with Crippen molar-refractivity contribution in [2.24, 2.45) is 0 Å². The van der Waals surface area contributed by atoms with Gasteiger partial charge in [0.1, 0.15) is 0 Å². The minimum Gasteiger partial charge on any atom is -0.343 e. The van der Waals surface area contributed by atoms with E-state index in [-0.39, 0.29) is 23.1 Å². The first kappa shape index (κ1) is 14.5. The van der Waals surface area contributed by atoms with Gasteiger partial charge in [0.15, 0.2) is 0 Å². The third-order valence-corrected chi connectivity index (χ3v) is 1.24. The molecule has 12 heavy (non-hydrogen) atoms. The largest absolute Gasteiger partial charge is 2.00 e. The van der Waals surface area contributed by atoms with Gasteiger partial charge in [-0.3, -0.25) is 0 Å². The summed E-state index contributed by atoms with van der Waals surface area (Å²) in [4.78, 5) is 0. The molecule has 0 N–H and O–H groups in total. The van der Waals surface area contributed by atoms with Crippen molar-refractivity contribution < 1.29 is 0 Å². The number of hydrogen-bond donors (Lipinski definition) is 0. The van der Waals surface area contributed by atoms with E-state index in [1.165, 1.54) is 12.0 Å². The first-order valence-corrected chi connectivity index (χ1v) is 4.03. The van der Waals surface area contributed by atoms with Crippen LogP contribution in [-0.2, 0) is 0 Å². The molecule has 0 bridgehead atoms. The fourth-order valence-corrected chi connectivity index (χ4v) is 0.470. The number of aryl methyl sites for hydroxylation is 1. The van der Waals surface area contributed by atoms with Crippen molar-refractivity contribution in [1.82, 2.24) is 0 Å². The molecule has 0 heterocycles. The van der Waals surface area contributed by atoms with Gasteiger partial charge in [-0.15, -0.1) is 0 Å². The molecule has 0 atom stereocenters. The molecule has 0 nitrogen and oxygen atoms in total. The van der Waals surface area contributed by atoms with E-state index in [0.717, 1.165) is 6.42 Å². The van der Waals surface area contributed by atoms with Gasteiger partial charge in [-0.05, 0) is 0 Å². The van der Waals surface area contributed by atoms with Gasteiger partial charge < -0.3 is 6.92 Å². The predicted octanol–water partition coefficient (Wildman–Crippen LogP) is 3.04. The van der Waals surface area contributed by atoms with Crippen LogP contribution >= 0.6 is 0 Å². The molecule has 1 aromatic rings. The average Bonchev–Trinajstić information content (AvgIpc) is 2.07. The van der Waals surface area contributed by atoms with Gasteiger partial charge in [0.2, 0.25) is 0 Å². The van der Waals surface area contributed by atoms with Crippen molar-refractivity contribution in [3.05, 3.63) is 42.8 Å². The quantitative estimate of drug-likeness (QED) is 0.451. The van der Waals surface area contributed by atoms with Crippen LogP contribution in [0.15, 0.2) is 24.3 Å². The van der Waals surface area contributed by atoms with E-state index >= 15 is 0 Å². The van der Waals surface area contributed by atoms with E-state index in [2.05, 4.69) is 26.8 Å². The third kappa shape index (κ3) is 9.99. The second-order valence-electron chi connectivity index (χ2n) is 2.43. The topological polar surface area (TPSA) is 0 Å². The molecule has 0 saturated heterocycles. The Bertz CT molecular complexity index is 156. The maximum atomic E-state index is 3.60. The van der Waals surface area contributed by atoms with Gasteiger partial charge in [-0.25, -0.2) is 0 Å². The van der Waals surface area contributed by atoms with Crippen molar-refractivity contribution in [3.8, 4) is 0 Å². The van der Waals surface area contributed by atoms with E-state index in [1.807, 2.05) is 24.3 Å². The van der Waals surface area contributed by atoms with E-state index in [4.69, 9.17) is 0 Å². The fourth-order valence-electron chi connectivity index (χ4n) is 0.470. The molecule has 1 heteroatoms. The molecule has 0 saturated carbocycles. The molecule has 0 unspecified atom stereocenters. The standard InChI is InChI=1S/C7H7.C4H9.Mg/c1-7-5-3-2-4-6-7;1-3-4-2;/h3-6H,1H3;1,3-4H2,2H3;/q2*-1;+2. The Labute approximate surface area is 92.5 Å². The van der Waals surface area contributed by atoms with Crippen molar-refractivity contribution in [2.75, 3.05) is 0 Å². The predicted molar refractivity (Wildman–Crippen MR) is 56.0 cm³/mol. The Balaban J connectivity index is 0. The summed E-state index contributed by atoms with van der Waals surface area (Å²) in [5.41, 5.74) is 1.29. The Morgan fingerprint density at radius 2 is 1.75 bits per heavy atom. The number of benzene rings is 1. The van der Waals surface area contributed by atoms with Crippen LogP contribution in [0.25, 0.3) is 0 Å². The maximum absolute atomic E-state index is 3.60. The monoisotopic (exact) mass is 172 g/mol. The molecule has 0 amide bonds. The summed E-state index contributed by atoms with van der Waals surface area (Å²) in [5.74, 6) is 0. The first-order chi connectivity index (χ1) is 5.31. The molecular formula is C11H16Mg. The molecule has 0 spiro atoms. The zero-order valence-corrected chi connectivity index (χ0v) is 9.55. The van der Waals surface area contributed by atoms with Crippen LogP contribution < -0.4 is 0 Å².